The largest absolute Gasteiger partial charge is 0.162 e. The van der Waals surface area contributed by atoms with E-state index in [-0.39, 0.29) is 0 Å². The molecule has 0 aliphatic carbocycles. The Morgan fingerprint density at radius 1 is 1.18 bits per heavy atom. The summed E-state index contributed by atoms with van der Waals surface area (Å²) < 4.78 is 0. The monoisotopic (exact) mass is 174 g/mol. The first-order valence-electron chi connectivity index (χ1n) is 4.80. The van der Waals surface area contributed by atoms with Crippen molar-refractivity contribution in [2.24, 2.45) is 11.8 Å². The van der Waals surface area contributed by atoms with E-state index in [4.69, 9.17) is 0 Å². The molecule has 11 heavy (non-hydrogen) atoms. The molecule has 0 nitrogen and oxygen atoms in total. The van der Waals surface area contributed by atoms with Crippen LogP contribution in [-0.2, 0) is 0 Å². The summed E-state index contributed by atoms with van der Waals surface area (Å²) in [6.07, 6.45) is 2.75. The number of rotatable bonds is 6. The van der Waals surface area contributed by atoms with E-state index in [1.807, 2.05) is 0 Å². The molecule has 0 aromatic heterocycles. The Labute approximate surface area is 76.1 Å². The Morgan fingerprint density at radius 3 is 2.18 bits per heavy atom. The van der Waals surface area contributed by atoms with Gasteiger partial charge in [-0.2, -0.15) is 11.8 Å². The summed E-state index contributed by atoms with van der Waals surface area (Å²) in [4.78, 5) is 0. The van der Waals surface area contributed by atoms with Crippen molar-refractivity contribution >= 4 is 11.8 Å². The van der Waals surface area contributed by atoms with Crippen LogP contribution in [0.4, 0.5) is 0 Å². The SMILES string of the molecule is CCC[C@H](CSCC)C(C)C. The van der Waals surface area contributed by atoms with Gasteiger partial charge in [-0.05, 0) is 29.8 Å². The lowest BCUT2D eigenvalue weighted by Gasteiger charge is -2.19. The van der Waals surface area contributed by atoms with Gasteiger partial charge in [-0.1, -0.05) is 34.1 Å². The molecule has 68 valence electrons. The molecule has 0 heterocycles. The van der Waals surface area contributed by atoms with Gasteiger partial charge in [0.1, 0.15) is 0 Å². The van der Waals surface area contributed by atoms with Crippen LogP contribution in [0.1, 0.15) is 40.5 Å². The van der Waals surface area contributed by atoms with Crippen LogP contribution in [0.3, 0.4) is 0 Å². The fourth-order valence-electron chi connectivity index (χ4n) is 1.25. The number of thioether (sulfide) groups is 1. The van der Waals surface area contributed by atoms with Crippen molar-refractivity contribution in [3.05, 3.63) is 0 Å². The first-order chi connectivity index (χ1) is 5.22. The van der Waals surface area contributed by atoms with Crippen LogP contribution in [0.2, 0.25) is 0 Å². The van der Waals surface area contributed by atoms with Gasteiger partial charge < -0.3 is 0 Å². The third-order valence-corrected chi connectivity index (χ3v) is 3.21. The van der Waals surface area contributed by atoms with E-state index in [0.29, 0.717) is 0 Å². The zero-order valence-corrected chi connectivity index (χ0v) is 9.21. The zero-order chi connectivity index (χ0) is 8.69. The Balaban J connectivity index is 3.51. The summed E-state index contributed by atoms with van der Waals surface area (Å²) in [6, 6.07) is 0. The number of hydrogen-bond donors (Lipinski definition) is 0. The molecule has 0 amide bonds. The molecule has 0 saturated carbocycles. The third-order valence-electron chi connectivity index (χ3n) is 2.14. The topological polar surface area (TPSA) is 0 Å². The summed E-state index contributed by atoms with van der Waals surface area (Å²) in [6.45, 7) is 9.22. The van der Waals surface area contributed by atoms with Crippen molar-refractivity contribution in [2.75, 3.05) is 11.5 Å². The van der Waals surface area contributed by atoms with Crippen LogP contribution < -0.4 is 0 Å². The van der Waals surface area contributed by atoms with E-state index in [9.17, 15) is 0 Å². The molecule has 0 bridgehead atoms. The van der Waals surface area contributed by atoms with Gasteiger partial charge in [0.15, 0.2) is 0 Å². The highest BCUT2D eigenvalue weighted by molar-refractivity contribution is 7.99. The maximum Gasteiger partial charge on any atom is -0.00368 e. The lowest BCUT2D eigenvalue weighted by atomic mass is 9.93. The van der Waals surface area contributed by atoms with Crippen molar-refractivity contribution in [1.29, 1.82) is 0 Å². The second-order valence-electron chi connectivity index (χ2n) is 3.45. The zero-order valence-electron chi connectivity index (χ0n) is 8.39. The molecule has 0 rings (SSSR count). The van der Waals surface area contributed by atoms with Crippen LogP contribution in [0, 0.1) is 11.8 Å². The van der Waals surface area contributed by atoms with E-state index in [1.165, 1.54) is 24.3 Å². The molecular formula is C10H22S. The molecule has 0 spiro atoms. The van der Waals surface area contributed by atoms with Gasteiger partial charge in [0.25, 0.3) is 0 Å². The Kier molecular flexibility index (Phi) is 7.25. The van der Waals surface area contributed by atoms with E-state index in [0.717, 1.165) is 11.8 Å². The summed E-state index contributed by atoms with van der Waals surface area (Å²) in [5, 5.41) is 0. The summed E-state index contributed by atoms with van der Waals surface area (Å²) in [5.74, 6) is 4.45. The Hall–Kier alpha value is 0.350. The lowest BCUT2D eigenvalue weighted by molar-refractivity contribution is 0.396. The van der Waals surface area contributed by atoms with Crippen molar-refractivity contribution in [3.63, 3.8) is 0 Å². The summed E-state index contributed by atoms with van der Waals surface area (Å²) >= 11 is 2.08. The molecule has 0 aliphatic rings. The van der Waals surface area contributed by atoms with Crippen LogP contribution in [0.5, 0.6) is 0 Å². The molecule has 0 fully saturated rings. The van der Waals surface area contributed by atoms with Gasteiger partial charge in [0.05, 0.1) is 0 Å². The minimum Gasteiger partial charge on any atom is -0.162 e. The predicted molar refractivity (Wildman–Crippen MR) is 56.2 cm³/mol. The molecule has 0 aromatic carbocycles. The molecule has 1 heteroatoms. The fraction of sp³-hybridized carbons (Fsp3) is 1.00. The third kappa shape index (κ3) is 5.60. The van der Waals surface area contributed by atoms with Crippen molar-refractivity contribution < 1.29 is 0 Å². The molecule has 0 radical (unpaired) electrons. The van der Waals surface area contributed by atoms with Crippen LogP contribution in [0.25, 0.3) is 0 Å². The van der Waals surface area contributed by atoms with Crippen molar-refractivity contribution in [1.82, 2.24) is 0 Å². The maximum absolute atomic E-state index is 2.34. The highest BCUT2D eigenvalue weighted by Crippen LogP contribution is 2.21. The van der Waals surface area contributed by atoms with Gasteiger partial charge in [-0.15, -0.1) is 0 Å². The van der Waals surface area contributed by atoms with Crippen LogP contribution >= 0.6 is 11.8 Å². The first kappa shape index (κ1) is 11.4. The van der Waals surface area contributed by atoms with E-state index < -0.39 is 0 Å². The maximum atomic E-state index is 2.34. The van der Waals surface area contributed by atoms with Gasteiger partial charge >= 0.3 is 0 Å². The molecule has 0 N–H and O–H groups in total. The van der Waals surface area contributed by atoms with E-state index in [2.05, 4.69) is 39.5 Å². The Morgan fingerprint density at radius 2 is 1.82 bits per heavy atom. The second-order valence-corrected chi connectivity index (χ2v) is 4.77. The average Bonchev–Trinajstić information content (AvgIpc) is 1.97. The molecule has 1 atom stereocenters. The fourth-order valence-corrected chi connectivity index (χ4v) is 2.34. The van der Waals surface area contributed by atoms with Crippen LogP contribution in [0.15, 0.2) is 0 Å². The highest BCUT2D eigenvalue weighted by Gasteiger charge is 2.10. The highest BCUT2D eigenvalue weighted by atomic mass is 32.2. The minimum absolute atomic E-state index is 0.869. The van der Waals surface area contributed by atoms with Gasteiger partial charge in [0.2, 0.25) is 0 Å². The standard InChI is InChI=1S/C10H22S/c1-5-7-10(9(3)4)8-11-6-2/h9-10H,5-8H2,1-4H3/t10-/m1/s1. The Bertz CT molecular complexity index is 78.9. The predicted octanol–water partition coefficient (Wildman–Crippen LogP) is 3.81. The van der Waals surface area contributed by atoms with Gasteiger partial charge in [-0.3, -0.25) is 0 Å². The molecular weight excluding hydrogens is 152 g/mol. The summed E-state index contributed by atoms with van der Waals surface area (Å²) in [5.41, 5.74) is 0. The molecule has 0 aromatic rings. The quantitative estimate of drug-likeness (QED) is 0.590. The first-order valence-corrected chi connectivity index (χ1v) is 5.95. The molecule has 0 saturated heterocycles. The van der Waals surface area contributed by atoms with Crippen molar-refractivity contribution in [3.8, 4) is 0 Å². The van der Waals surface area contributed by atoms with Gasteiger partial charge in [0, 0.05) is 0 Å². The number of hydrogen-bond acceptors (Lipinski definition) is 1. The van der Waals surface area contributed by atoms with E-state index in [1.54, 1.807) is 0 Å². The minimum atomic E-state index is 0.869. The average molecular weight is 174 g/mol. The summed E-state index contributed by atoms with van der Waals surface area (Å²) in [7, 11) is 0. The molecule has 0 aliphatic heterocycles. The van der Waals surface area contributed by atoms with Crippen LogP contribution in [-0.4, -0.2) is 11.5 Å². The van der Waals surface area contributed by atoms with E-state index >= 15 is 0 Å². The second kappa shape index (κ2) is 7.02. The van der Waals surface area contributed by atoms with Gasteiger partial charge in [-0.25, -0.2) is 0 Å². The van der Waals surface area contributed by atoms with Crippen molar-refractivity contribution in [2.45, 2.75) is 40.5 Å². The molecule has 0 unspecified atom stereocenters. The lowest BCUT2D eigenvalue weighted by Crippen LogP contribution is -2.11. The normalized spacial score (nSPS) is 13.9. The smallest absolute Gasteiger partial charge is 0.00368 e.